The maximum absolute atomic E-state index is 13.2. The van der Waals surface area contributed by atoms with E-state index < -0.39 is 11.9 Å². The fraction of sp³-hybridized carbons (Fsp3) is 0.333. The molecule has 29 heavy (non-hydrogen) atoms. The number of carboxylic acid groups (broad SMARTS) is 1. The number of anilines is 1. The number of hydrogen-bond acceptors (Lipinski definition) is 4. The second kappa shape index (κ2) is 10.3. The molecule has 1 aromatic heterocycles. The van der Waals surface area contributed by atoms with Gasteiger partial charge in [-0.1, -0.05) is 35.0 Å². The molecule has 0 radical (unpaired) electrons. The van der Waals surface area contributed by atoms with Crippen LogP contribution >= 0.6 is 34.5 Å². The molecule has 1 heterocycles. The molecular formula is C21H20Cl2NNaO3S. The van der Waals surface area contributed by atoms with Crippen molar-refractivity contribution in [1.29, 1.82) is 0 Å². The predicted molar refractivity (Wildman–Crippen MR) is 113 cm³/mol. The van der Waals surface area contributed by atoms with E-state index in [-0.39, 0.29) is 62.2 Å². The van der Waals surface area contributed by atoms with Crippen LogP contribution in [0.3, 0.4) is 0 Å². The summed E-state index contributed by atoms with van der Waals surface area (Å²) >= 11 is 13.1. The van der Waals surface area contributed by atoms with Gasteiger partial charge in [0.05, 0.1) is 32.0 Å². The first-order chi connectivity index (χ1) is 12.9. The number of amides is 1. The fourth-order valence-electron chi connectivity index (χ4n) is 2.43. The van der Waals surface area contributed by atoms with Crippen LogP contribution in [0.25, 0.3) is 0 Å². The van der Waals surface area contributed by atoms with Crippen LogP contribution in [0.1, 0.15) is 59.5 Å². The molecule has 0 saturated heterocycles. The third-order valence-corrected chi connectivity index (χ3v) is 5.18. The zero-order valence-electron chi connectivity index (χ0n) is 17.2. The predicted octanol–water partition coefficient (Wildman–Crippen LogP) is 1.88. The van der Waals surface area contributed by atoms with Gasteiger partial charge in [0.2, 0.25) is 0 Å². The number of halogens is 2. The number of carbonyl (C=O) groups excluding carboxylic acids is 2. The number of carboxylic acids is 1. The Kier molecular flexibility index (Phi) is 9.29. The van der Waals surface area contributed by atoms with E-state index >= 15 is 0 Å². The van der Waals surface area contributed by atoms with E-state index in [0.29, 0.717) is 9.90 Å². The molecular weight excluding hydrogens is 440 g/mol. The van der Waals surface area contributed by atoms with Crippen molar-refractivity contribution in [1.82, 2.24) is 0 Å². The topological polar surface area (TPSA) is 60.4 Å². The van der Waals surface area contributed by atoms with Crippen molar-refractivity contribution in [3.63, 3.8) is 0 Å². The molecule has 0 aliphatic carbocycles. The van der Waals surface area contributed by atoms with Crippen molar-refractivity contribution in [2.75, 3.05) is 4.90 Å². The molecule has 0 spiro atoms. The first kappa shape index (κ1) is 26.0. The zero-order chi connectivity index (χ0) is 21.2. The summed E-state index contributed by atoms with van der Waals surface area (Å²) in [6.45, 7) is 9.46. The Morgan fingerprint density at radius 3 is 2.28 bits per heavy atom. The van der Waals surface area contributed by atoms with Crippen molar-refractivity contribution < 1.29 is 44.3 Å². The molecule has 0 atom stereocenters. The Labute approximate surface area is 207 Å². The minimum atomic E-state index is -1.36. The second-order valence-corrected chi connectivity index (χ2v) is 9.40. The van der Waals surface area contributed by atoms with Gasteiger partial charge in [-0.25, -0.2) is 0 Å². The van der Waals surface area contributed by atoms with Crippen molar-refractivity contribution >= 4 is 52.1 Å². The Bertz CT molecular complexity index is 984. The Morgan fingerprint density at radius 1 is 1.17 bits per heavy atom. The van der Waals surface area contributed by atoms with E-state index in [1.54, 1.807) is 26.0 Å². The van der Waals surface area contributed by atoms with Crippen LogP contribution < -0.4 is 39.6 Å². The summed E-state index contributed by atoms with van der Waals surface area (Å²) in [4.78, 5) is 26.8. The van der Waals surface area contributed by atoms with Crippen molar-refractivity contribution in [3.8, 4) is 11.8 Å². The van der Waals surface area contributed by atoms with Gasteiger partial charge in [-0.15, -0.1) is 11.3 Å². The summed E-state index contributed by atoms with van der Waals surface area (Å²) in [5.41, 5.74) is 0.239. The van der Waals surface area contributed by atoms with Gasteiger partial charge < -0.3 is 14.8 Å². The van der Waals surface area contributed by atoms with Gasteiger partial charge >= 0.3 is 29.6 Å². The summed E-state index contributed by atoms with van der Waals surface area (Å²) in [7, 11) is 0. The quantitative estimate of drug-likeness (QED) is 0.517. The summed E-state index contributed by atoms with van der Waals surface area (Å²) in [6.07, 6.45) is 0. The van der Waals surface area contributed by atoms with Crippen molar-refractivity contribution in [3.05, 3.63) is 49.6 Å². The van der Waals surface area contributed by atoms with Crippen LogP contribution in [0.15, 0.2) is 24.3 Å². The number of aromatic carboxylic acids is 1. The third kappa shape index (κ3) is 6.75. The molecule has 0 saturated carbocycles. The summed E-state index contributed by atoms with van der Waals surface area (Å²) in [5.74, 6) is 4.28. The third-order valence-electron chi connectivity index (χ3n) is 3.61. The average Bonchev–Trinajstić information content (AvgIpc) is 2.96. The molecule has 4 nitrogen and oxygen atoms in total. The minimum absolute atomic E-state index is 0. The minimum Gasteiger partial charge on any atom is -0.544 e. The maximum Gasteiger partial charge on any atom is 1.00 e. The van der Waals surface area contributed by atoms with Gasteiger partial charge in [0.1, 0.15) is 0 Å². The molecule has 0 N–H and O–H groups in total. The van der Waals surface area contributed by atoms with Gasteiger partial charge in [-0.2, -0.15) is 0 Å². The number of thiophene rings is 1. The van der Waals surface area contributed by atoms with Crippen LogP contribution in [0.5, 0.6) is 0 Å². The van der Waals surface area contributed by atoms with E-state index in [4.69, 9.17) is 23.2 Å². The van der Waals surface area contributed by atoms with Crippen LogP contribution in [0.2, 0.25) is 10.0 Å². The van der Waals surface area contributed by atoms with Gasteiger partial charge in [0.25, 0.3) is 5.91 Å². The molecule has 0 fully saturated rings. The number of carbonyl (C=O) groups is 2. The molecule has 0 bridgehead atoms. The average molecular weight is 460 g/mol. The van der Waals surface area contributed by atoms with E-state index in [1.807, 2.05) is 20.8 Å². The summed E-state index contributed by atoms with van der Waals surface area (Å²) in [5, 5.41) is 12.3. The SMILES string of the molecule is CC(C)N(C(=O)c1ccc(Cl)cc1Cl)c1cc(C#CC(C)(C)C)sc1C(=O)[O-].[Na+]. The standard InChI is InChI=1S/C21H21Cl2NO3S.Na/c1-12(2)24(19(25)15-7-6-13(22)10-16(15)23)17-11-14(8-9-21(3,4)5)28-18(17)20(26)27;/h6-7,10-12H,1-5H3,(H,26,27);/q;+1/p-1. The van der Waals surface area contributed by atoms with Gasteiger partial charge in [-0.05, 0) is 58.9 Å². The normalized spacial score (nSPS) is 10.8. The molecule has 2 rings (SSSR count). The van der Waals surface area contributed by atoms with Crippen LogP contribution in [-0.2, 0) is 0 Å². The molecule has 1 aromatic carbocycles. The molecule has 0 aliphatic rings. The Morgan fingerprint density at radius 2 is 1.79 bits per heavy atom. The number of benzene rings is 1. The maximum atomic E-state index is 13.2. The molecule has 0 aliphatic heterocycles. The monoisotopic (exact) mass is 459 g/mol. The first-order valence-corrected chi connectivity index (χ1v) is 10.1. The van der Waals surface area contributed by atoms with Gasteiger partial charge in [0, 0.05) is 16.5 Å². The first-order valence-electron chi connectivity index (χ1n) is 8.57. The number of rotatable bonds is 4. The zero-order valence-corrected chi connectivity index (χ0v) is 21.6. The number of hydrogen-bond donors (Lipinski definition) is 0. The van der Waals surface area contributed by atoms with E-state index in [1.165, 1.54) is 17.0 Å². The molecule has 148 valence electrons. The largest absolute Gasteiger partial charge is 1.00 e. The van der Waals surface area contributed by atoms with Crippen LogP contribution in [0.4, 0.5) is 5.69 Å². The Hall–Kier alpha value is -1.00. The Balaban J connectivity index is 0.00000420. The van der Waals surface area contributed by atoms with Crippen molar-refractivity contribution in [2.24, 2.45) is 5.41 Å². The molecule has 8 heteroatoms. The molecule has 2 aromatic rings. The van der Waals surface area contributed by atoms with Crippen LogP contribution in [0, 0.1) is 17.3 Å². The van der Waals surface area contributed by atoms with Gasteiger partial charge in [0.15, 0.2) is 0 Å². The molecule has 1 amide bonds. The summed E-state index contributed by atoms with van der Waals surface area (Å²) in [6, 6.07) is 5.84. The second-order valence-electron chi connectivity index (χ2n) is 7.51. The molecule has 0 unspecified atom stereocenters. The van der Waals surface area contributed by atoms with E-state index in [9.17, 15) is 14.7 Å². The van der Waals surface area contributed by atoms with Gasteiger partial charge in [-0.3, -0.25) is 4.79 Å². The van der Waals surface area contributed by atoms with Crippen LogP contribution in [-0.4, -0.2) is 17.9 Å². The number of nitrogens with zero attached hydrogens (tertiary/aromatic N) is 1. The van der Waals surface area contributed by atoms with E-state index in [2.05, 4.69) is 11.8 Å². The van der Waals surface area contributed by atoms with Crippen molar-refractivity contribution in [2.45, 2.75) is 40.7 Å². The smallest absolute Gasteiger partial charge is 0.544 e. The fourth-order valence-corrected chi connectivity index (χ4v) is 3.76. The van der Waals surface area contributed by atoms with E-state index in [0.717, 1.165) is 11.3 Å². The summed E-state index contributed by atoms with van der Waals surface area (Å²) < 4.78 is 0.